The maximum absolute atomic E-state index is 6.75. The average molecular weight is 566 g/mol. The fourth-order valence-corrected chi connectivity index (χ4v) is 2.85. The van der Waals surface area contributed by atoms with Crippen LogP contribution in [0, 0.1) is 5.41 Å². The predicted molar refractivity (Wildman–Crippen MR) is 160 cm³/mol. The average Bonchev–Trinajstić information content (AvgIpc) is 2.85. The van der Waals surface area contributed by atoms with Crippen LogP contribution in [0.3, 0.4) is 0 Å². The van der Waals surface area contributed by atoms with Crippen molar-refractivity contribution < 1.29 is 19.5 Å². The standard InChI is InChI=1S/C27H36N4.2N3.Zn/c1-27(2,21-28-19-7-9-23-11-15-25(16-12-23)30(3)4)22-29-20-8-10-24-13-17-26(18-14-24)31(5)6;2*1-3-2;/h7-20H,21-22H2,1-6H3;;;/q;2*-1;+2/b9-7+,10-8+,28-19?,29-20?;;;. The minimum Gasteiger partial charge on any atom is -0.378 e. The zero-order chi connectivity index (χ0) is 28.1. The van der Waals surface area contributed by atoms with E-state index in [1.807, 2.05) is 52.8 Å². The van der Waals surface area contributed by atoms with Gasteiger partial charge in [0.25, 0.3) is 0 Å². The van der Waals surface area contributed by atoms with Crippen molar-refractivity contribution in [2.45, 2.75) is 13.8 Å². The fourth-order valence-electron chi connectivity index (χ4n) is 2.85. The van der Waals surface area contributed by atoms with E-state index in [2.05, 4.69) is 94.3 Å². The SMILES string of the molecule is CN(C)c1ccc(/C=C/C=NCC(C)(C)CN=C/C=C/c2ccc(N(C)C)cc2)cc1.[N-]=[N+]=[N-].[N-]=[N+]=[N-].[Zn+2]. The third-order valence-electron chi connectivity index (χ3n) is 4.82. The van der Waals surface area contributed by atoms with Gasteiger partial charge in [0.05, 0.1) is 0 Å². The molecule has 2 aromatic carbocycles. The van der Waals surface area contributed by atoms with Crippen molar-refractivity contribution in [3.8, 4) is 0 Å². The van der Waals surface area contributed by atoms with Gasteiger partial charge in [0, 0.05) is 70.5 Å². The summed E-state index contributed by atoms with van der Waals surface area (Å²) in [7, 11) is 8.18. The molecule has 2 rings (SSSR count). The van der Waals surface area contributed by atoms with Crippen LogP contribution in [0.5, 0.6) is 0 Å². The van der Waals surface area contributed by atoms with Crippen LogP contribution < -0.4 is 9.80 Å². The van der Waals surface area contributed by atoms with Gasteiger partial charge in [0.2, 0.25) is 0 Å². The maximum Gasteiger partial charge on any atom is 2.00 e. The number of allylic oxidation sites excluding steroid dienone is 2. The van der Waals surface area contributed by atoms with E-state index in [-0.39, 0.29) is 24.9 Å². The number of aliphatic imine (C=N–C) groups is 2. The maximum atomic E-state index is 6.75. The normalized spacial score (nSPS) is 10.7. The molecule has 196 valence electrons. The molecule has 0 aliphatic heterocycles. The van der Waals surface area contributed by atoms with E-state index in [1.165, 1.54) is 32.3 Å². The van der Waals surface area contributed by atoms with Gasteiger partial charge in [-0.3, -0.25) is 19.8 Å². The van der Waals surface area contributed by atoms with Crippen LogP contribution in [-0.2, 0) is 19.5 Å². The Bertz CT molecular complexity index is 1000. The molecule has 0 aromatic heterocycles. The summed E-state index contributed by atoms with van der Waals surface area (Å²) in [5.41, 5.74) is 31.8. The monoisotopic (exact) mass is 564 g/mol. The van der Waals surface area contributed by atoms with Crippen LogP contribution in [0.25, 0.3) is 44.1 Å². The Hall–Kier alpha value is -3.90. The summed E-state index contributed by atoms with van der Waals surface area (Å²) in [6.45, 7) is 5.86. The Labute approximate surface area is 239 Å². The summed E-state index contributed by atoms with van der Waals surface area (Å²) in [4.78, 5) is 16.3. The molecular weight excluding hydrogens is 530 g/mol. The second-order valence-electron chi connectivity index (χ2n) is 9.01. The minimum absolute atomic E-state index is 0. The van der Waals surface area contributed by atoms with Crippen molar-refractivity contribution in [1.29, 1.82) is 0 Å². The molecule has 0 amide bonds. The van der Waals surface area contributed by atoms with Crippen molar-refractivity contribution in [3.63, 3.8) is 0 Å². The van der Waals surface area contributed by atoms with Gasteiger partial charge in [-0.1, -0.05) is 50.3 Å². The molecule has 0 unspecified atom stereocenters. The quantitative estimate of drug-likeness (QED) is 0.0967. The van der Waals surface area contributed by atoms with Gasteiger partial charge in [0.15, 0.2) is 0 Å². The number of hydrogen-bond donors (Lipinski definition) is 0. The van der Waals surface area contributed by atoms with Crippen molar-refractivity contribution >= 4 is 36.0 Å². The molecule has 0 N–H and O–H groups in total. The van der Waals surface area contributed by atoms with Crippen molar-refractivity contribution in [2.24, 2.45) is 15.4 Å². The van der Waals surface area contributed by atoms with E-state index in [0.29, 0.717) is 0 Å². The Balaban J connectivity index is 0. The van der Waals surface area contributed by atoms with Crippen molar-refractivity contribution in [2.75, 3.05) is 51.1 Å². The topological polar surface area (TPSA) is 149 Å². The number of rotatable bonds is 10. The molecule has 0 saturated carbocycles. The smallest absolute Gasteiger partial charge is 0.378 e. The largest absolute Gasteiger partial charge is 2.00 e. The molecule has 0 spiro atoms. The molecule has 2 aromatic rings. The van der Waals surface area contributed by atoms with Crippen LogP contribution in [0.4, 0.5) is 11.4 Å². The molecule has 0 aliphatic carbocycles. The Morgan fingerprint density at radius 3 is 1.21 bits per heavy atom. The molecule has 0 aliphatic rings. The van der Waals surface area contributed by atoms with Gasteiger partial charge in [-0.25, -0.2) is 0 Å². The molecule has 0 atom stereocenters. The second-order valence-corrected chi connectivity index (χ2v) is 9.01. The molecular formula is C27H36N10Zn. The van der Waals surface area contributed by atoms with E-state index >= 15 is 0 Å². The first kappa shape index (κ1) is 36.3. The summed E-state index contributed by atoms with van der Waals surface area (Å²) < 4.78 is 0. The summed E-state index contributed by atoms with van der Waals surface area (Å²) >= 11 is 0. The van der Waals surface area contributed by atoms with Crippen LogP contribution in [0.15, 0.2) is 70.7 Å². The van der Waals surface area contributed by atoms with Crippen molar-refractivity contribution in [3.05, 3.63) is 104 Å². The number of hydrogen-bond acceptors (Lipinski definition) is 4. The third-order valence-corrected chi connectivity index (χ3v) is 4.82. The van der Waals surface area contributed by atoms with Gasteiger partial charge >= 0.3 is 19.5 Å². The predicted octanol–water partition coefficient (Wildman–Crippen LogP) is 7.44. The first-order valence-electron chi connectivity index (χ1n) is 11.4. The Morgan fingerprint density at radius 2 is 0.947 bits per heavy atom. The van der Waals surface area contributed by atoms with Crippen molar-refractivity contribution in [1.82, 2.24) is 0 Å². The fraction of sp³-hybridized carbons (Fsp3) is 0.333. The van der Waals surface area contributed by atoms with Gasteiger partial charge in [-0.2, -0.15) is 0 Å². The molecule has 0 saturated heterocycles. The van der Waals surface area contributed by atoms with Gasteiger partial charge in [-0.15, -0.1) is 0 Å². The zero-order valence-electron chi connectivity index (χ0n) is 23.2. The first-order chi connectivity index (χ1) is 17.6. The number of nitrogens with zero attached hydrogens (tertiary/aromatic N) is 10. The van der Waals surface area contributed by atoms with Crippen LogP contribution >= 0.6 is 0 Å². The molecule has 11 heteroatoms. The number of anilines is 2. The van der Waals surface area contributed by atoms with Gasteiger partial charge in [-0.05, 0) is 47.5 Å². The van der Waals surface area contributed by atoms with E-state index in [4.69, 9.17) is 22.1 Å². The van der Waals surface area contributed by atoms with Gasteiger partial charge in [0.1, 0.15) is 0 Å². The van der Waals surface area contributed by atoms with Crippen LogP contribution in [0.1, 0.15) is 25.0 Å². The molecule has 0 bridgehead atoms. The Kier molecular flexibility index (Phi) is 20.2. The summed E-state index contributed by atoms with van der Waals surface area (Å²) in [6.07, 6.45) is 11.9. The van der Waals surface area contributed by atoms with Crippen LogP contribution in [0.2, 0.25) is 0 Å². The minimum atomic E-state index is 0. The molecule has 0 heterocycles. The molecule has 10 nitrogen and oxygen atoms in total. The summed E-state index contributed by atoms with van der Waals surface area (Å²) in [5, 5.41) is 0. The van der Waals surface area contributed by atoms with Crippen LogP contribution in [-0.4, -0.2) is 53.7 Å². The Morgan fingerprint density at radius 1 is 0.658 bits per heavy atom. The van der Waals surface area contributed by atoms with E-state index < -0.39 is 0 Å². The summed E-state index contributed by atoms with van der Waals surface area (Å²) in [5.74, 6) is 0. The van der Waals surface area contributed by atoms with E-state index in [9.17, 15) is 0 Å². The number of benzene rings is 2. The zero-order valence-corrected chi connectivity index (χ0v) is 26.1. The van der Waals surface area contributed by atoms with Gasteiger partial charge < -0.3 is 31.9 Å². The molecule has 0 radical (unpaired) electrons. The third kappa shape index (κ3) is 17.5. The molecule has 0 fully saturated rings. The second kappa shape index (κ2) is 21.2. The van der Waals surface area contributed by atoms with E-state index in [0.717, 1.165) is 13.1 Å². The summed E-state index contributed by atoms with van der Waals surface area (Å²) in [6, 6.07) is 16.9. The molecule has 38 heavy (non-hydrogen) atoms. The first-order valence-corrected chi connectivity index (χ1v) is 11.4. The van der Waals surface area contributed by atoms with E-state index in [1.54, 1.807) is 0 Å².